The number of benzene rings is 2. The second kappa shape index (κ2) is 11.5. The average Bonchev–Trinajstić information content (AvgIpc) is 3.53. The van der Waals surface area contributed by atoms with Crippen molar-refractivity contribution in [2.75, 3.05) is 5.32 Å². The number of carbonyl (C=O) groups is 1. The Morgan fingerprint density at radius 3 is 2.52 bits per heavy atom. The summed E-state index contributed by atoms with van der Waals surface area (Å²) in [6.07, 6.45) is -4.92. The van der Waals surface area contributed by atoms with E-state index < -0.39 is 30.4 Å². The molecule has 0 radical (unpaired) electrons. The van der Waals surface area contributed by atoms with Crippen LogP contribution in [0.25, 0.3) is 17.1 Å². The highest BCUT2D eigenvalue weighted by molar-refractivity contribution is 6.30. The van der Waals surface area contributed by atoms with Gasteiger partial charge in [0.05, 0.1) is 17.8 Å². The third-order valence-corrected chi connectivity index (χ3v) is 6.26. The normalized spacial score (nSPS) is 12.3. The molecule has 0 aliphatic heterocycles. The number of anilines is 1. The summed E-state index contributed by atoms with van der Waals surface area (Å²) in [7, 11) is 0. The number of hydrogen-bond donors (Lipinski definition) is 2. The zero-order valence-electron chi connectivity index (χ0n) is 21.7. The molecule has 16 heteroatoms. The first kappa shape index (κ1) is 28.6. The Morgan fingerprint density at radius 2 is 1.81 bits per heavy atom. The van der Waals surface area contributed by atoms with Gasteiger partial charge in [0.25, 0.3) is 5.91 Å². The molecular formula is C26H21ClF3N9O3. The maximum atomic E-state index is 13.1. The van der Waals surface area contributed by atoms with Gasteiger partial charge in [0.15, 0.2) is 17.8 Å². The second-order valence-corrected chi connectivity index (χ2v) is 9.47. The molecule has 0 unspecified atom stereocenters. The number of carbonyl (C=O) groups excluding carboxylic acids is 1. The molecule has 5 rings (SSSR count). The number of aromatic nitrogens is 8. The first-order valence-electron chi connectivity index (χ1n) is 12.3. The van der Waals surface area contributed by atoms with Gasteiger partial charge in [0, 0.05) is 22.5 Å². The van der Waals surface area contributed by atoms with Gasteiger partial charge in [-0.15, -0.1) is 10.2 Å². The van der Waals surface area contributed by atoms with E-state index in [-0.39, 0.29) is 29.7 Å². The summed E-state index contributed by atoms with van der Waals surface area (Å²) < 4.78 is 42.3. The third-order valence-electron chi connectivity index (χ3n) is 6.00. The van der Waals surface area contributed by atoms with Gasteiger partial charge in [-0.25, -0.2) is 29.1 Å². The lowest BCUT2D eigenvalue weighted by Gasteiger charge is -2.15. The van der Waals surface area contributed by atoms with E-state index >= 15 is 0 Å². The minimum atomic E-state index is -4.95. The van der Waals surface area contributed by atoms with Gasteiger partial charge in [0.2, 0.25) is 5.95 Å². The molecule has 1 amide bonds. The Hall–Kier alpha value is -4.89. The van der Waals surface area contributed by atoms with Crippen molar-refractivity contribution in [3.8, 4) is 17.1 Å². The van der Waals surface area contributed by atoms with Crippen molar-refractivity contribution in [2.45, 2.75) is 32.3 Å². The highest BCUT2D eigenvalue weighted by atomic mass is 35.5. The van der Waals surface area contributed by atoms with Crippen molar-refractivity contribution in [1.82, 2.24) is 39.1 Å². The van der Waals surface area contributed by atoms with Crippen LogP contribution in [0.1, 0.15) is 21.9 Å². The standard InChI is InChI=1S/C26H21ClF3N9O3/c1-15-10-11-31-24(33-15)34-23(41)18-4-2-3-5-19(18)39-14-32-21(35-39)13-38-25(42)37(12-20(40)26(28,29)30)22(36-38)16-6-8-17(27)9-7-16/h2-11,14,20,40H,12-13H2,1H3,(H,31,33,34,41)/t20-/m0/s1. The first-order valence-corrected chi connectivity index (χ1v) is 12.7. The highest BCUT2D eigenvalue weighted by Gasteiger charge is 2.39. The number of para-hydroxylation sites is 1. The SMILES string of the molecule is Cc1ccnc(NC(=O)c2ccccc2-n2cnc(Cn3nc(-c4ccc(Cl)cc4)n(C[C@H](O)C(F)(F)F)c3=O)n2)n1. The molecular weight excluding hydrogens is 579 g/mol. The van der Waals surface area contributed by atoms with E-state index in [1.807, 2.05) is 0 Å². The molecule has 42 heavy (non-hydrogen) atoms. The molecule has 0 fully saturated rings. The summed E-state index contributed by atoms with van der Waals surface area (Å²) in [5.41, 5.74) is 0.638. The molecule has 2 aromatic carbocycles. The third kappa shape index (κ3) is 6.21. The quantitative estimate of drug-likeness (QED) is 0.276. The molecule has 0 bridgehead atoms. The number of aliphatic hydroxyl groups excluding tert-OH is 1. The van der Waals surface area contributed by atoms with Crippen LogP contribution >= 0.6 is 11.6 Å². The zero-order chi connectivity index (χ0) is 30.0. The summed E-state index contributed by atoms with van der Waals surface area (Å²) in [6.45, 7) is 0.371. The van der Waals surface area contributed by atoms with Crippen molar-refractivity contribution in [3.63, 3.8) is 0 Å². The predicted molar refractivity (Wildman–Crippen MR) is 144 cm³/mol. The van der Waals surface area contributed by atoms with Crippen LogP contribution in [0.5, 0.6) is 0 Å². The number of alkyl halides is 3. The van der Waals surface area contributed by atoms with Crippen molar-refractivity contribution in [2.24, 2.45) is 0 Å². The Kier molecular flexibility index (Phi) is 7.87. The number of hydrogen-bond acceptors (Lipinski definition) is 8. The van der Waals surface area contributed by atoms with Crippen molar-refractivity contribution in [1.29, 1.82) is 0 Å². The van der Waals surface area contributed by atoms with E-state index in [1.165, 1.54) is 41.5 Å². The maximum Gasteiger partial charge on any atom is 0.416 e. The van der Waals surface area contributed by atoms with Crippen LogP contribution in [0.15, 0.2) is 71.9 Å². The number of rotatable bonds is 8. The monoisotopic (exact) mass is 599 g/mol. The van der Waals surface area contributed by atoms with Gasteiger partial charge in [-0.1, -0.05) is 23.7 Å². The van der Waals surface area contributed by atoms with Crippen LogP contribution in [0.4, 0.5) is 19.1 Å². The minimum absolute atomic E-state index is 0.0815. The van der Waals surface area contributed by atoms with Crippen LogP contribution in [-0.4, -0.2) is 62.4 Å². The van der Waals surface area contributed by atoms with Gasteiger partial charge in [-0.2, -0.15) is 13.2 Å². The van der Waals surface area contributed by atoms with E-state index in [2.05, 4.69) is 30.5 Å². The molecule has 0 spiro atoms. The molecule has 0 aliphatic rings. The summed E-state index contributed by atoms with van der Waals surface area (Å²) in [4.78, 5) is 38.5. The number of amides is 1. The fraction of sp³-hybridized carbons (Fsp3) is 0.192. The number of aliphatic hydroxyl groups is 1. The molecule has 216 valence electrons. The van der Waals surface area contributed by atoms with E-state index in [9.17, 15) is 27.9 Å². The van der Waals surface area contributed by atoms with Crippen molar-refractivity contribution >= 4 is 23.5 Å². The molecule has 1 atom stereocenters. The Labute approximate surface area is 240 Å². The van der Waals surface area contributed by atoms with Crippen molar-refractivity contribution in [3.05, 3.63) is 99.7 Å². The second-order valence-electron chi connectivity index (χ2n) is 9.04. The van der Waals surface area contributed by atoms with Crippen LogP contribution in [0.2, 0.25) is 5.02 Å². The number of nitrogens with one attached hydrogen (secondary N) is 1. The Balaban J connectivity index is 1.44. The van der Waals surface area contributed by atoms with Crippen LogP contribution in [-0.2, 0) is 13.1 Å². The summed E-state index contributed by atoms with van der Waals surface area (Å²) >= 11 is 5.92. The molecule has 5 aromatic rings. The molecule has 0 saturated carbocycles. The lowest BCUT2D eigenvalue weighted by atomic mass is 10.1. The summed E-state index contributed by atoms with van der Waals surface area (Å²) in [5, 5.41) is 21.2. The average molecular weight is 600 g/mol. The van der Waals surface area contributed by atoms with Crippen LogP contribution in [0, 0.1) is 6.92 Å². The van der Waals surface area contributed by atoms with Gasteiger partial charge < -0.3 is 5.11 Å². The van der Waals surface area contributed by atoms with E-state index in [4.69, 9.17) is 11.6 Å². The topological polar surface area (TPSA) is 146 Å². The highest BCUT2D eigenvalue weighted by Crippen LogP contribution is 2.24. The van der Waals surface area contributed by atoms with Gasteiger partial charge in [0.1, 0.15) is 12.9 Å². The van der Waals surface area contributed by atoms with E-state index in [0.717, 1.165) is 9.25 Å². The predicted octanol–water partition coefficient (Wildman–Crippen LogP) is 3.27. The van der Waals surface area contributed by atoms with Gasteiger partial charge in [-0.3, -0.25) is 14.7 Å². The molecule has 3 heterocycles. The van der Waals surface area contributed by atoms with Crippen LogP contribution < -0.4 is 11.0 Å². The number of aryl methyl sites for hydroxylation is 1. The van der Waals surface area contributed by atoms with Crippen LogP contribution in [0.3, 0.4) is 0 Å². The Morgan fingerprint density at radius 1 is 1.07 bits per heavy atom. The van der Waals surface area contributed by atoms with Gasteiger partial charge >= 0.3 is 11.9 Å². The lowest BCUT2D eigenvalue weighted by Crippen LogP contribution is -2.37. The summed E-state index contributed by atoms with van der Waals surface area (Å²) in [5.74, 6) is -0.409. The molecule has 0 aliphatic carbocycles. The number of nitrogens with zero attached hydrogens (tertiary/aromatic N) is 8. The summed E-state index contributed by atoms with van der Waals surface area (Å²) in [6, 6.07) is 14.2. The first-order chi connectivity index (χ1) is 20.0. The molecule has 3 aromatic heterocycles. The molecule has 0 saturated heterocycles. The zero-order valence-corrected chi connectivity index (χ0v) is 22.5. The largest absolute Gasteiger partial charge is 0.416 e. The van der Waals surface area contributed by atoms with E-state index in [1.54, 1.807) is 37.3 Å². The molecule has 12 nitrogen and oxygen atoms in total. The fourth-order valence-electron chi connectivity index (χ4n) is 3.96. The Bertz CT molecular complexity index is 1800. The van der Waals surface area contributed by atoms with Crippen molar-refractivity contribution < 1.29 is 23.1 Å². The maximum absolute atomic E-state index is 13.1. The molecule has 2 N–H and O–H groups in total. The smallest absolute Gasteiger partial charge is 0.382 e. The lowest BCUT2D eigenvalue weighted by molar-refractivity contribution is -0.207. The number of halogens is 4. The fourth-order valence-corrected chi connectivity index (χ4v) is 4.09. The van der Waals surface area contributed by atoms with E-state index in [0.29, 0.717) is 22.0 Å². The van der Waals surface area contributed by atoms with Gasteiger partial charge in [-0.05, 0) is 49.4 Å². The minimum Gasteiger partial charge on any atom is -0.382 e.